The molecule has 1 amide bonds. The van der Waals surface area contributed by atoms with Crippen LogP contribution < -0.4 is 5.32 Å². The summed E-state index contributed by atoms with van der Waals surface area (Å²) in [6.45, 7) is 10.4. The van der Waals surface area contributed by atoms with Gasteiger partial charge in [-0.1, -0.05) is 24.6 Å². The number of halogens is 1. The summed E-state index contributed by atoms with van der Waals surface area (Å²) >= 11 is 0. The van der Waals surface area contributed by atoms with Crippen molar-refractivity contribution in [2.75, 3.05) is 31.5 Å². The van der Waals surface area contributed by atoms with Crippen LogP contribution in [0.4, 0.5) is 5.69 Å². The number of nitrogens with zero attached hydrogens (tertiary/aromatic N) is 2. The molecule has 1 atom stereocenters. The maximum Gasteiger partial charge on any atom is 0.317 e. The number of aliphatic carboxylic acids is 1. The molecule has 6 nitrogen and oxygen atoms in total. The number of amides is 1. The molecule has 1 heterocycles. The zero-order valence-electron chi connectivity index (χ0n) is 16.7. The lowest BCUT2D eigenvalue weighted by atomic mass is 10.0. The fourth-order valence-electron chi connectivity index (χ4n) is 3.67. The molecule has 0 bridgehead atoms. The third-order valence-corrected chi connectivity index (χ3v) is 5.33. The summed E-state index contributed by atoms with van der Waals surface area (Å²) in [6, 6.07) is 6.09. The molecule has 1 aromatic carbocycles. The number of likely N-dealkylation sites (tertiary alicyclic amines) is 1. The van der Waals surface area contributed by atoms with E-state index >= 15 is 0 Å². The second kappa shape index (κ2) is 10.6. The number of rotatable bonds is 7. The van der Waals surface area contributed by atoms with Gasteiger partial charge < -0.3 is 10.4 Å². The van der Waals surface area contributed by atoms with Crippen molar-refractivity contribution >= 4 is 30.0 Å². The van der Waals surface area contributed by atoms with Crippen LogP contribution >= 0.6 is 12.4 Å². The number of nitrogens with one attached hydrogen (secondary N) is 1. The third-order valence-electron chi connectivity index (χ3n) is 5.33. The van der Waals surface area contributed by atoms with E-state index in [-0.39, 0.29) is 36.9 Å². The number of hydrogen-bond acceptors (Lipinski definition) is 4. The van der Waals surface area contributed by atoms with Crippen molar-refractivity contribution in [3.63, 3.8) is 0 Å². The molecule has 27 heavy (non-hydrogen) atoms. The second-order valence-corrected chi connectivity index (χ2v) is 7.21. The highest BCUT2D eigenvalue weighted by atomic mass is 35.5. The first kappa shape index (κ1) is 23.4. The highest BCUT2D eigenvalue weighted by molar-refractivity contribution is 5.95. The Bertz CT molecular complexity index is 645. The van der Waals surface area contributed by atoms with Crippen molar-refractivity contribution in [2.45, 2.75) is 52.6 Å². The highest BCUT2D eigenvalue weighted by Gasteiger charge is 2.29. The number of likely N-dealkylation sites (N-methyl/N-ethyl adjacent to an activating group) is 1. The van der Waals surface area contributed by atoms with Crippen LogP contribution in [0, 0.1) is 13.8 Å². The lowest BCUT2D eigenvalue weighted by molar-refractivity contribution is -0.139. The molecule has 1 aliphatic rings. The number of carbonyl (C=O) groups excluding carboxylic acids is 1. The fraction of sp³-hybridized carbons (Fsp3) is 0.600. The number of carbonyl (C=O) groups is 2. The van der Waals surface area contributed by atoms with Gasteiger partial charge in [0.15, 0.2) is 0 Å². The van der Waals surface area contributed by atoms with Gasteiger partial charge in [0.05, 0.1) is 12.6 Å². The molecule has 7 heteroatoms. The molecule has 0 spiro atoms. The average Bonchev–Trinajstić information content (AvgIpc) is 2.61. The van der Waals surface area contributed by atoms with E-state index in [2.05, 4.69) is 16.3 Å². The highest BCUT2D eigenvalue weighted by Crippen LogP contribution is 2.20. The normalized spacial score (nSPS) is 16.6. The van der Waals surface area contributed by atoms with Gasteiger partial charge in [-0.25, -0.2) is 0 Å². The number of hydrogen-bond donors (Lipinski definition) is 2. The molecule has 0 radical (unpaired) electrons. The molecule has 0 saturated carbocycles. The fourth-order valence-corrected chi connectivity index (χ4v) is 3.67. The summed E-state index contributed by atoms with van der Waals surface area (Å²) in [5.74, 6) is -0.774. The molecule has 1 fully saturated rings. The standard InChI is InChI=1S/C20H31N3O3.ClH/c1-5-22(13-19(24)25)17-8-10-23(11-9-17)16(4)20(26)21-18-7-6-14(2)12-15(18)3;/h6-7,12,16-17H,5,8-11,13H2,1-4H3,(H,21,26)(H,24,25);1H. The molecule has 1 saturated heterocycles. The maximum atomic E-state index is 12.6. The Balaban J connectivity index is 0.00000364. The van der Waals surface area contributed by atoms with Crippen LogP contribution in [0.2, 0.25) is 0 Å². The number of piperidine rings is 1. The van der Waals surface area contributed by atoms with Gasteiger partial charge in [-0.05, 0) is 51.8 Å². The first-order chi connectivity index (χ1) is 12.3. The minimum Gasteiger partial charge on any atom is -0.480 e. The summed E-state index contributed by atoms with van der Waals surface area (Å²) in [7, 11) is 0. The molecular formula is C20H32ClN3O3. The first-order valence-corrected chi connectivity index (χ1v) is 9.39. The number of aryl methyl sites for hydroxylation is 2. The summed E-state index contributed by atoms with van der Waals surface area (Å²) in [5, 5.41) is 12.1. The zero-order valence-corrected chi connectivity index (χ0v) is 17.5. The predicted molar refractivity (Wildman–Crippen MR) is 111 cm³/mol. The van der Waals surface area contributed by atoms with Crippen molar-refractivity contribution in [3.8, 4) is 0 Å². The molecule has 0 aromatic heterocycles. The van der Waals surface area contributed by atoms with Crippen molar-refractivity contribution in [1.82, 2.24) is 9.80 Å². The Morgan fingerprint density at radius 3 is 2.44 bits per heavy atom. The van der Waals surface area contributed by atoms with Gasteiger partial charge in [-0.15, -0.1) is 12.4 Å². The van der Waals surface area contributed by atoms with Gasteiger partial charge in [0.1, 0.15) is 0 Å². The van der Waals surface area contributed by atoms with Crippen LogP contribution in [-0.2, 0) is 9.59 Å². The van der Waals surface area contributed by atoms with Crippen molar-refractivity contribution < 1.29 is 14.7 Å². The summed E-state index contributed by atoms with van der Waals surface area (Å²) in [5.41, 5.74) is 3.11. The van der Waals surface area contributed by atoms with Gasteiger partial charge in [0.25, 0.3) is 0 Å². The van der Waals surface area contributed by atoms with Crippen LogP contribution in [0.1, 0.15) is 37.8 Å². The smallest absolute Gasteiger partial charge is 0.317 e. The summed E-state index contributed by atoms with van der Waals surface area (Å²) in [6.07, 6.45) is 1.78. The lowest BCUT2D eigenvalue weighted by Crippen LogP contribution is -2.51. The van der Waals surface area contributed by atoms with E-state index in [1.165, 1.54) is 5.56 Å². The Morgan fingerprint density at radius 2 is 1.93 bits per heavy atom. The monoisotopic (exact) mass is 397 g/mol. The molecule has 2 rings (SSSR count). The molecule has 1 aromatic rings. The van der Waals surface area contributed by atoms with Gasteiger partial charge >= 0.3 is 5.97 Å². The second-order valence-electron chi connectivity index (χ2n) is 7.21. The van der Waals surface area contributed by atoms with Gasteiger partial charge in [0.2, 0.25) is 5.91 Å². The molecular weight excluding hydrogens is 366 g/mol. The van der Waals surface area contributed by atoms with Crippen LogP contribution in [-0.4, -0.2) is 65.0 Å². The lowest BCUT2D eigenvalue weighted by Gasteiger charge is -2.39. The molecule has 1 aliphatic heterocycles. The molecule has 2 N–H and O–H groups in total. The molecule has 1 unspecified atom stereocenters. The molecule has 0 aliphatic carbocycles. The quantitative estimate of drug-likeness (QED) is 0.740. The summed E-state index contributed by atoms with van der Waals surface area (Å²) < 4.78 is 0. The van der Waals surface area contributed by atoms with Crippen molar-refractivity contribution in [1.29, 1.82) is 0 Å². The van der Waals surface area contributed by atoms with Gasteiger partial charge in [-0.2, -0.15) is 0 Å². The molecule has 152 valence electrons. The maximum absolute atomic E-state index is 12.6. The number of benzene rings is 1. The third kappa shape index (κ3) is 6.48. The van der Waals surface area contributed by atoms with Crippen LogP contribution in [0.25, 0.3) is 0 Å². The van der Waals surface area contributed by atoms with Crippen LogP contribution in [0.15, 0.2) is 18.2 Å². The van der Waals surface area contributed by atoms with Gasteiger partial charge in [-0.3, -0.25) is 19.4 Å². The topological polar surface area (TPSA) is 72.9 Å². The summed E-state index contributed by atoms with van der Waals surface area (Å²) in [4.78, 5) is 27.8. The van der Waals surface area contributed by atoms with Crippen LogP contribution in [0.3, 0.4) is 0 Å². The van der Waals surface area contributed by atoms with E-state index in [9.17, 15) is 9.59 Å². The Hall–Kier alpha value is -1.63. The number of carboxylic acids is 1. The zero-order chi connectivity index (χ0) is 19.3. The first-order valence-electron chi connectivity index (χ1n) is 9.39. The van der Waals surface area contributed by atoms with Gasteiger partial charge in [0, 0.05) is 24.8 Å². The van der Waals surface area contributed by atoms with E-state index in [1.54, 1.807) is 0 Å². The van der Waals surface area contributed by atoms with E-state index < -0.39 is 5.97 Å². The van der Waals surface area contributed by atoms with E-state index in [4.69, 9.17) is 5.11 Å². The number of anilines is 1. The largest absolute Gasteiger partial charge is 0.480 e. The Morgan fingerprint density at radius 1 is 1.30 bits per heavy atom. The van der Waals surface area contributed by atoms with E-state index in [0.717, 1.165) is 43.7 Å². The van der Waals surface area contributed by atoms with Crippen molar-refractivity contribution in [3.05, 3.63) is 29.3 Å². The number of carboxylic acid groups (broad SMARTS) is 1. The van der Waals surface area contributed by atoms with E-state index in [0.29, 0.717) is 0 Å². The Labute approximate surface area is 168 Å². The minimum atomic E-state index is -0.782. The Kier molecular flexibility index (Phi) is 9.22. The van der Waals surface area contributed by atoms with Crippen LogP contribution in [0.5, 0.6) is 0 Å². The SMILES string of the molecule is CCN(CC(=O)O)C1CCN(C(C)C(=O)Nc2ccc(C)cc2C)CC1.Cl. The minimum absolute atomic E-state index is 0. The van der Waals surface area contributed by atoms with Crippen molar-refractivity contribution in [2.24, 2.45) is 0 Å². The predicted octanol–water partition coefficient (Wildman–Crippen LogP) is 2.92. The van der Waals surface area contributed by atoms with E-state index in [1.807, 2.05) is 44.7 Å². The average molecular weight is 398 g/mol.